The van der Waals surface area contributed by atoms with Gasteiger partial charge in [-0.3, -0.25) is 0 Å². The van der Waals surface area contributed by atoms with Gasteiger partial charge in [-0.1, -0.05) is 55.8 Å². The van der Waals surface area contributed by atoms with E-state index in [1.165, 1.54) is 11.1 Å². The molecular weight excluding hydrogens is 296 g/mol. The van der Waals surface area contributed by atoms with E-state index in [0.29, 0.717) is 17.4 Å². The summed E-state index contributed by atoms with van der Waals surface area (Å²) in [5.41, 5.74) is 3.47. The largest absolute Gasteiger partial charge is 0.458 e. The standard InChI is InChI=1S/C22H28O2/c1-15-9-8-10-16(2)18-14-22(3,4)20(18)19(13-15)24-21(23)17-11-6-5-7-12-17/h5-7,9,11-12,18-20H,2,8,10,13-14H2,1,3-4H3/t18-,19-,20-/m0/s1. The van der Waals surface area contributed by atoms with E-state index in [9.17, 15) is 4.79 Å². The average molecular weight is 324 g/mol. The molecule has 1 fully saturated rings. The minimum Gasteiger partial charge on any atom is -0.458 e. The predicted molar refractivity (Wildman–Crippen MR) is 97.8 cm³/mol. The molecule has 0 amide bonds. The summed E-state index contributed by atoms with van der Waals surface area (Å²) in [6, 6.07) is 9.31. The van der Waals surface area contributed by atoms with E-state index in [2.05, 4.69) is 33.4 Å². The molecular formula is C22H28O2. The first-order valence-corrected chi connectivity index (χ1v) is 8.98. The van der Waals surface area contributed by atoms with Crippen LogP contribution in [0.3, 0.4) is 0 Å². The van der Waals surface area contributed by atoms with Crippen LogP contribution in [0.25, 0.3) is 0 Å². The van der Waals surface area contributed by atoms with Gasteiger partial charge in [0.15, 0.2) is 0 Å². The summed E-state index contributed by atoms with van der Waals surface area (Å²) in [6.45, 7) is 11.1. The Morgan fingerprint density at radius 2 is 1.96 bits per heavy atom. The molecule has 2 nitrogen and oxygen atoms in total. The van der Waals surface area contributed by atoms with E-state index in [1.54, 1.807) is 0 Å². The Morgan fingerprint density at radius 1 is 1.25 bits per heavy atom. The second-order valence-electron chi connectivity index (χ2n) is 8.09. The molecule has 0 aliphatic heterocycles. The Morgan fingerprint density at radius 3 is 2.62 bits per heavy atom. The van der Waals surface area contributed by atoms with Gasteiger partial charge in [0.1, 0.15) is 6.10 Å². The first-order valence-electron chi connectivity index (χ1n) is 8.98. The number of hydrogen-bond acceptors (Lipinski definition) is 2. The number of esters is 1. The Kier molecular flexibility index (Phi) is 4.67. The van der Waals surface area contributed by atoms with Gasteiger partial charge in [-0.25, -0.2) is 4.79 Å². The summed E-state index contributed by atoms with van der Waals surface area (Å²) >= 11 is 0. The first-order chi connectivity index (χ1) is 11.4. The van der Waals surface area contributed by atoms with Gasteiger partial charge in [0.05, 0.1) is 5.56 Å². The molecule has 0 spiro atoms. The lowest BCUT2D eigenvalue weighted by molar-refractivity contribution is -0.0879. The fourth-order valence-electron chi connectivity index (χ4n) is 4.49. The van der Waals surface area contributed by atoms with Crippen LogP contribution < -0.4 is 0 Å². The number of fused-ring (bicyclic) bond motifs is 1. The van der Waals surface area contributed by atoms with Crippen LogP contribution in [0, 0.1) is 17.3 Å². The Hall–Kier alpha value is -1.83. The van der Waals surface area contributed by atoms with Gasteiger partial charge in [-0.2, -0.15) is 0 Å². The van der Waals surface area contributed by atoms with Crippen molar-refractivity contribution >= 4 is 5.97 Å². The molecule has 0 heterocycles. The smallest absolute Gasteiger partial charge is 0.338 e. The monoisotopic (exact) mass is 324 g/mol. The number of ether oxygens (including phenoxy) is 1. The fourth-order valence-corrected chi connectivity index (χ4v) is 4.49. The van der Waals surface area contributed by atoms with Crippen molar-refractivity contribution in [2.45, 2.75) is 52.6 Å². The molecule has 3 rings (SSSR count). The lowest BCUT2D eigenvalue weighted by Crippen LogP contribution is -2.52. The second-order valence-corrected chi connectivity index (χ2v) is 8.09. The molecule has 24 heavy (non-hydrogen) atoms. The third kappa shape index (κ3) is 3.33. The van der Waals surface area contributed by atoms with Crippen molar-refractivity contribution in [1.82, 2.24) is 0 Å². The van der Waals surface area contributed by atoms with Gasteiger partial charge < -0.3 is 4.74 Å². The minimum atomic E-state index is -0.209. The number of hydrogen-bond donors (Lipinski definition) is 0. The topological polar surface area (TPSA) is 26.3 Å². The van der Waals surface area contributed by atoms with Crippen molar-refractivity contribution in [3.8, 4) is 0 Å². The van der Waals surface area contributed by atoms with Crippen LogP contribution in [0.4, 0.5) is 0 Å². The summed E-state index contributed by atoms with van der Waals surface area (Å²) in [4.78, 5) is 12.6. The Labute approximate surface area is 145 Å². The SMILES string of the molecule is C=C1CCC=C(C)C[C@H](OC(=O)c2ccccc2)[C@@H]2[C@H]1CC2(C)C. The molecule has 0 bridgehead atoms. The van der Waals surface area contributed by atoms with E-state index in [0.717, 1.165) is 25.7 Å². The summed E-state index contributed by atoms with van der Waals surface area (Å²) < 4.78 is 6.04. The molecule has 1 aromatic carbocycles. The lowest BCUT2D eigenvalue weighted by Gasteiger charge is -2.55. The Bertz CT molecular complexity index is 654. The first kappa shape index (κ1) is 17.0. The van der Waals surface area contributed by atoms with Crippen LogP contribution in [0.5, 0.6) is 0 Å². The zero-order chi connectivity index (χ0) is 17.3. The van der Waals surface area contributed by atoms with E-state index < -0.39 is 0 Å². The summed E-state index contributed by atoms with van der Waals surface area (Å²) in [5.74, 6) is 0.631. The summed E-state index contributed by atoms with van der Waals surface area (Å²) in [7, 11) is 0. The number of benzene rings is 1. The third-order valence-electron chi connectivity index (χ3n) is 5.76. The number of allylic oxidation sites excluding steroid dienone is 2. The van der Waals surface area contributed by atoms with E-state index in [-0.39, 0.29) is 17.5 Å². The van der Waals surface area contributed by atoms with E-state index >= 15 is 0 Å². The molecule has 1 aromatic rings. The van der Waals surface area contributed by atoms with Gasteiger partial charge in [0.25, 0.3) is 0 Å². The molecule has 128 valence electrons. The van der Waals surface area contributed by atoms with Crippen LogP contribution in [0.15, 0.2) is 54.1 Å². The molecule has 0 radical (unpaired) electrons. The number of carbonyl (C=O) groups is 1. The minimum absolute atomic E-state index is 0.0717. The molecule has 0 saturated heterocycles. The van der Waals surface area contributed by atoms with Crippen LogP contribution in [-0.2, 0) is 4.74 Å². The predicted octanol–water partition coefficient (Wildman–Crippen LogP) is 5.56. The zero-order valence-corrected chi connectivity index (χ0v) is 15.0. The maximum absolute atomic E-state index is 12.6. The highest BCUT2D eigenvalue weighted by Gasteiger charge is 2.53. The van der Waals surface area contributed by atoms with E-state index in [1.807, 2.05) is 30.3 Å². The highest BCUT2D eigenvalue weighted by atomic mass is 16.5. The summed E-state index contributed by atoms with van der Waals surface area (Å²) in [6.07, 6.45) is 6.29. The molecule has 0 unspecified atom stereocenters. The van der Waals surface area contributed by atoms with Crippen LogP contribution >= 0.6 is 0 Å². The van der Waals surface area contributed by atoms with Gasteiger partial charge in [0, 0.05) is 12.3 Å². The Balaban J connectivity index is 1.86. The fraction of sp³-hybridized carbons (Fsp3) is 0.500. The maximum Gasteiger partial charge on any atom is 0.338 e. The second kappa shape index (κ2) is 6.58. The van der Waals surface area contributed by atoms with Gasteiger partial charge in [-0.05, 0) is 49.7 Å². The third-order valence-corrected chi connectivity index (χ3v) is 5.76. The zero-order valence-electron chi connectivity index (χ0n) is 15.0. The summed E-state index contributed by atoms with van der Waals surface area (Å²) in [5, 5.41) is 0. The van der Waals surface area contributed by atoms with Crippen molar-refractivity contribution in [2.24, 2.45) is 17.3 Å². The molecule has 1 saturated carbocycles. The molecule has 2 aliphatic carbocycles. The van der Waals surface area contributed by atoms with Gasteiger partial charge in [-0.15, -0.1) is 0 Å². The van der Waals surface area contributed by atoms with Crippen LogP contribution in [0.2, 0.25) is 0 Å². The average Bonchev–Trinajstić information content (AvgIpc) is 2.57. The van der Waals surface area contributed by atoms with E-state index in [4.69, 9.17) is 4.74 Å². The van der Waals surface area contributed by atoms with Crippen molar-refractivity contribution in [3.05, 3.63) is 59.7 Å². The molecule has 2 aliphatic rings. The molecule has 0 N–H and O–H groups in total. The van der Waals surface area contributed by atoms with Crippen molar-refractivity contribution in [3.63, 3.8) is 0 Å². The van der Waals surface area contributed by atoms with Crippen LogP contribution in [-0.4, -0.2) is 12.1 Å². The molecule has 2 heteroatoms. The normalized spacial score (nSPS) is 29.2. The highest BCUT2D eigenvalue weighted by Crippen LogP contribution is 2.57. The van der Waals surface area contributed by atoms with Crippen LogP contribution in [0.1, 0.15) is 56.8 Å². The number of rotatable bonds is 2. The van der Waals surface area contributed by atoms with Gasteiger partial charge in [0.2, 0.25) is 0 Å². The van der Waals surface area contributed by atoms with Crippen molar-refractivity contribution in [1.29, 1.82) is 0 Å². The maximum atomic E-state index is 12.6. The highest BCUT2D eigenvalue weighted by molar-refractivity contribution is 5.89. The van der Waals surface area contributed by atoms with Crippen molar-refractivity contribution < 1.29 is 9.53 Å². The quantitative estimate of drug-likeness (QED) is 0.526. The van der Waals surface area contributed by atoms with Crippen molar-refractivity contribution in [2.75, 3.05) is 0 Å². The number of carbonyl (C=O) groups excluding carboxylic acids is 1. The molecule has 0 aromatic heterocycles. The lowest BCUT2D eigenvalue weighted by atomic mass is 9.51. The van der Waals surface area contributed by atoms with Gasteiger partial charge >= 0.3 is 5.97 Å². The molecule has 3 atom stereocenters.